The molecule has 1 aliphatic heterocycles. The summed E-state index contributed by atoms with van der Waals surface area (Å²) in [5.41, 5.74) is 2.15. The summed E-state index contributed by atoms with van der Waals surface area (Å²) in [4.78, 5) is 36.6. The Hall–Kier alpha value is -3.42. The van der Waals surface area contributed by atoms with Crippen LogP contribution in [0.4, 0.5) is 17.1 Å². The van der Waals surface area contributed by atoms with Crippen LogP contribution in [0.3, 0.4) is 0 Å². The number of para-hydroxylation sites is 2. The minimum atomic E-state index is -0.922. The average molecular weight is 396 g/mol. The van der Waals surface area contributed by atoms with Gasteiger partial charge in [-0.2, -0.15) is 0 Å². The van der Waals surface area contributed by atoms with Crippen molar-refractivity contribution in [2.75, 3.05) is 29.9 Å². The summed E-state index contributed by atoms with van der Waals surface area (Å²) in [6.45, 7) is 2.57. The molecule has 1 heterocycles. The number of nitrogens with zero attached hydrogens (tertiary/aromatic N) is 2. The number of carbonyl (C=O) groups excluding carboxylic acids is 2. The smallest absolute Gasteiger partial charge is 0.313 e. The van der Waals surface area contributed by atoms with Crippen LogP contribution < -0.4 is 15.5 Å². The van der Waals surface area contributed by atoms with Gasteiger partial charge in [-0.1, -0.05) is 24.3 Å². The zero-order chi connectivity index (χ0) is 20.6. The molecular weight excluding hydrogens is 372 g/mol. The van der Waals surface area contributed by atoms with E-state index in [1.165, 1.54) is 42.3 Å². The predicted octanol–water partition coefficient (Wildman–Crippen LogP) is 2.88. The molecule has 0 bridgehead atoms. The maximum atomic E-state index is 12.0. The number of rotatable bonds is 7. The van der Waals surface area contributed by atoms with Crippen LogP contribution in [0.15, 0.2) is 48.5 Å². The van der Waals surface area contributed by atoms with Crippen LogP contribution in [0.25, 0.3) is 0 Å². The first-order valence-electron chi connectivity index (χ1n) is 9.71. The number of nitrogens with one attached hydrogen (secondary N) is 2. The lowest BCUT2D eigenvalue weighted by atomic mass is 10.1. The second-order valence-corrected chi connectivity index (χ2v) is 6.95. The molecule has 152 valence electrons. The summed E-state index contributed by atoms with van der Waals surface area (Å²) in [6.07, 6.45) is 3.96. The summed E-state index contributed by atoms with van der Waals surface area (Å²) in [7, 11) is 0. The first-order valence-corrected chi connectivity index (χ1v) is 9.71. The van der Waals surface area contributed by atoms with E-state index in [0.717, 1.165) is 19.5 Å². The Morgan fingerprint density at radius 1 is 1.00 bits per heavy atom. The summed E-state index contributed by atoms with van der Waals surface area (Å²) in [5, 5.41) is 15.8. The number of amides is 2. The van der Waals surface area contributed by atoms with E-state index < -0.39 is 16.7 Å². The van der Waals surface area contributed by atoms with Gasteiger partial charge in [-0.05, 0) is 49.4 Å². The van der Waals surface area contributed by atoms with Crippen LogP contribution >= 0.6 is 0 Å². The highest BCUT2D eigenvalue weighted by Gasteiger charge is 2.19. The third kappa shape index (κ3) is 5.54. The number of hydrogen-bond acceptors (Lipinski definition) is 5. The standard InChI is InChI=1S/C21H24N4O4/c26-20(21(27)23-18-7-1-2-8-19(18)25(28)29)22-13-5-6-16-9-11-17(12-10-16)24-14-3-4-15-24/h1-2,7-12H,3-6,13-15H2,(H,22,26)(H,23,27). The van der Waals surface area contributed by atoms with Gasteiger partial charge in [-0.15, -0.1) is 0 Å². The Morgan fingerprint density at radius 3 is 2.38 bits per heavy atom. The summed E-state index contributed by atoms with van der Waals surface area (Å²) >= 11 is 0. The molecule has 2 aromatic rings. The molecule has 1 fully saturated rings. The molecule has 0 unspecified atom stereocenters. The van der Waals surface area contributed by atoms with Crippen LogP contribution in [0.2, 0.25) is 0 Å². The monoisotopic (exact) mass is 396 g/mol. The first kappa shape index (κ1) is 20.3. The average Bonchev–Trinajstić information content (AvgIpc) is 3.26. The molecule has 1 saturated heterocycles. The van der Waals surface area contributed by atoms with E-state index in [9.17, 15) is 19.7 Å². The molecule has 0 saturated carbocycles. The Morgan fingerprint density at radius 2 is 1.69 bits per heavy atom. The van der Waals surface area contributed by atoms with Gasteiger partial charge >= 0.3 is 11.8 Å². The molecule has 0 aromatic heterocycles. The highest BCUT2D eigenvalue weighted by Crippen LogP contribution is 2.23. The molecule has 2 amide bonds. The number of hydrogen-bond donors (Lipinski definition) is 2. The molecule has 0 radical (unpaired) electrons. The summed E-state index contributed by atoms with van der Waals surface area (Å²) in [6, 6.07) is 14.1. The highest BCUT2D eigenvalue weighted by molar-refractivity contribution is 6.39. The topological polar surface area (TPSA) is 105 Å². The van der Waals surface area contributed by atoms with Crippen LogP contribution in [0, 0.1) is 10.1 Å². The van der Waals surface area contributed by atoms with Crippen molar-refractivity contribution in [1.82, 2.24) is 5.32 Å². The minimum Gasteiger partial charge on any atom is -0.372 e. The van der Waals surface area contributed by atoms with Crippen LogP contribution in [-0.4, -0.2) is 36.4 Å². The van der Waals surface area contributed by atoms with Gasteiger partial charge in [0.1, 0.15) is 5.69 Å². The van der Waals surface area contributed by atoms with Gasteiger partial charge in [-0.25, -0.2) is 0 Å². The molecule has 0 spiro atoms. The highest BCUT2D eigenvalue weighted by atomic mass is 16.6. The third-order valence-corrected chi connectivity index (χ3v) is 4.89. The number of anilines is 2. The number of nitro groups is 1. The van der Waals surface area contributed by atoms with Crippen molar-refractivity contribution in [2.24, 2.45) is 0 Å². The second kappa shape index (κ2) is 9.68. The molecule has 8 nitrogen and oxygen atoms in total. The van der Waals surface area contributed by atoms with Crippen LogP contribution in [0.5, 0.6) is 0 Å². The largest absolute Gasteiger partial charge is 0.372 e. The zero-order valence-electron chi connectivity index (χ0n) is 16.1. The van der Waals surface area contributed by atoms with Gasteiger partial charge in [-0.3, -0.25) is 19.7 Å². The SMILES string of the molecule is O=C(NCCCc1ccc(N2CCCC2)cc1)C(=O)Nc1ccccc1[N+](=O)[O-]. The van der Waals surface area contributed by atoms with E-state index in [-0.39, 0.29) is 11.4 Å². The normalized spacial score (nSPS) is 13.2. The molecule has 0 aliphatic carbocycles. The molecule has 3 rings (SSSR count). The van der Waals surface area contributed by atoms with Crippen molar-refractivity contribution < 1.29 is 14.5 Å². The van der Waals surface area contributed by atoms with E-state index in [1.54, 1.807) is 6.07 Å². The van der Waals surface area contributed by atoms with Gasteiger partial charge < -0.3 is 15.5 Å². The van der Waals surface area contributed by atoms with E-state index >= 15 is 0 Å². The van der Waals surface area contributed by atoms with Crippen molar-refractivity contribution in [2.45, 2.75) is 25.7 Å². The fraction of sp³-hybridized carbons (Fsp3) is 0.333. The fourth-order valence-corrected chi connectivity index (χ4v) is 3.34. The Kier molecular flexibility index (Phi) is 6.78. The Balaban J connectivity index is 1.41. The number of aryl methyl sites for hydroxylation is 1. The van der Waals surface area contributed by atoms with Gasteiger partial charge in [0.05, 0.1) is 4.92 Å². The quantitative estimate of drug-likeness (QED) is 0.324. The Bertz CT molecular complexity index is 877. The third-order valence-electron chi connectivity index (χ3n) is 4.89. The number of benzene rings is 2. The van der Waals surface area contributed by atoms with Crippen LogP contribution in [-0.2, 0) is 16.0 Å². The van der Waals surface area contributed by atoms with E-state index in [2.05, 4.69) is 39.8 Å². The van der Waals surface area contributed by atoms with Gasteiger partial charge in [0.25, 0.3) is 5.69 Å². The van der Waals surface area contributed by atoms with Gasteiger partial charge in [0.2, 0.25) is 0 Å². The first-order chi connectivity index (χ1) is 14.0. The zero-order valence-corrected chi connectivity index (χ0v) is 16.1. The number of carbonyl (C=O) groups is 2. The Labute approximate surface area is 169 Å². The van der Waals surface area contributed by atoms with Crippen molar-refractivity contribution >= 4 is 28.9 Å². The maximum Gasteiger partial charge on any atom is 0.313 e. The van der Waals surface area contributed by atoms with E-state index in [1.807, 2.05) is 0 Å². The number of nitro benzene ring substituents is 1. The molecule has 2 N–H and O–H groups in total. The lowest BCUT2D eigenvalue weighted by molar-refractivity contribution is -0.383. The van der Waals surface area contributed by atoms with Crippen molar-refractivity contribution in [3.8, 4) is 0 Å². The molecular formula is C21H24N4O4. The molecule has 8 heteroatoms. The molecule has 2 aromatic carbocycles. The second-order valence-electron chi connectivity index (χ2n) is 6.95. The van der Waals surface area contributed by atoms with Crippen molar-refractivity contribution in [3.63, 3.8) is 0 Å². The molecule has 0 atom stereocenters. The van der Waals surface area contributed by atoms with E-state index in [0.29, 0.717) is 13.0 Å². The molecule has 29 heavy (non-hydrogen) atoms. The maximum absolute atomic E-state index is 12.0. The van der Waals surface area contributed by atoms with Gasteiger partial charge in [0, 0.05) is 31.4 Å². The molecule has 1 aliphatic rings. The fourth-order valence-electron chi connectivity index (χ4n) is 3.34. The predicted molar refractivity (Wildman–Crippen MR) is 111 cm³/mol. The summed E-state index contributed by atoms with van der Waals surface area (Å²) in [5.74, 6) is -1.73. The lowest BCUT2D eigenvalue weighted by Crippen LogP contribution is -2.36. The van der Waals surface area contributed by atoms with Crippen molar-refractivity contribution in [1.29, 1.82) is 0 Å². The van der Waals surface area contributed by atoms with E-state index in [4.69, 9.17) is 0 Å². The van der Waals surface area contributed by atoms with Crippen molar-refractivity contribution in [3.05, 3.63) is 64.2 Å². The summed E-state index contributed by atoms with van der Waals surface area (Å²) < 4.78 is 0. The minimum absolute atomic E-state index is 0.00394. The van der Waals surface area contributed by atoms with Gasteiger partial charge in [0.15, 0.2) is 0 Å². The van der Waals surface area contributed by atoms with Crippen LogP contribution in [0.1, 0.15) is 24.8 Å². The lowest BCUT2D eigenvalue weighted by Gasteiger charge is -2.17.